The highest BCUT2D eigenvalue weighted by molar-refractivity contribution is 5.95. The maximum atomic E-state index is 12.0. The molecule has 0 amide bonds. The normalized spacial score (nSPS) is 17.6. The summed E-state index contributed by atoms with van der Waals surface area (Å²) in [5.41, 5.74) is 0.845. The molecule has 0 N–H and O–H groups in total. The second kappa shape index (κ2) is 7.55. The second-order valence-corrected chi connectivity index (χ2v) is 5.86. The predicted molar refractivity (Wildman–Crippen MR) is 83.2 cm³/mol. The summed E-state index contributed by atoms with van der Waals surface area (Å²) < 4.78 is 0. The van der Waals surface area contributed by atoms with Crippen LogP contribution in [0.15, 0.2) is 30.3 Å². The molecule has 1 saturated heterocycles. The van der Waals surface area contributed by atoms with E-state index in [-0.39, 0.29) is 5.78 Å². The third-order valence-corrected chi connectivity index (χ3v) is 4.11. The molecular formula is C17H26N2O. The standard InChI is InChI=1S/C17H26N2O/c1-15(2)19-13-11-18(12-14-19)10-6-9-17(20)16-7-4-3-5-8-16/h3-5,7-8,15H,6,9-14H2,1-2H3. The van der Waals surface area contributed by atoms with Crippen LogP contribution in [0.1, 0.15) is 37.0 Å². The van der Waals surface area contributed by atoms with E-state index >= 15 is 0 Å². The van der Waals surface area contributed by atoms with Gasteiger partial charge in [0.05, 0.1) is 0 Å². The summed E-state index contributed by atoms with van der Waals surface area (Å²) in [6.45, 7) is 10.1. The molecule has 0 saturated carbocycles. The Balaban J connectivity index is 1.66. The van der Waals surface area contributed by atoms with Gasteiger partial charge < -0.3 is 4.90 Å². The van der Waals surface area contributed by atoms with Crippen LogP contribution >= 0.6 is 0 Å². The molecule has 0 spiro atoms. The zero-order valence-corrected chi connectivity index (χ0v) is 12.7. The van der Waals surface area contributed by atoms with Crippen molar-refractivity contribution in [1.82, 2.24) is 9.80 Å². The van der Waals surface area contributed by atoms with Crippen LogP contribution in [0, 0.1) is 0 Å². The van der Waals surface area contributed by atoms with Crippen LogP contribution in [0.25, 0.3) is 0 Å². The molecule has 1 aliphatic heterocycles. The maximum absolute atomic E-state index is 12.0. The van der Waals surface area contributed by atoms with Gasteiger partial charge in [-0.15, -0.1) is 0 Å². The van der Waals surface area contributed by atoms with Gasteiger partial charge in [0.25, 0.3) is 0 Å². The number of piperazine rings is 1. The van der Waals surface area contributed by atoms with E-state index in [0.29, 0.717) is 12.5 Å². The van der Waals surface area contributed by atoms with E-state index in [1.807, 2.05) is 30.3 Å². The van der Waals surface area contributed by atoms with Gasteiger partial charge in [-0.2, -0.15) is 0 Å². The zero-order valence-electron chi connectivity index (χ0n) is 12.7. The Morgan fingerprint density at radius 2 is 1.75 bits per heavy atom. The highest BCUT2D eigenvalue weighted by Crippen LogP contribution is 2.09. The largest absolute Gasteiger partial charge is 0.301 e. The molecule has 3 nitrogen and oxygen atoms in total. The number of nitrogens with zero attached hydrogens (tertiary/aromatic N) is 2. The average molecular weight is 274 g/mol. The van der Waals surface area contributed by atoms with Crippen molar-refractivity contribution in [2.24, 2.45) is 0 Å². The third kappa shape index (κ3) is 4.43. The quantitative estimate of drug-likeness (QED) is 0.745. The van der Waals surface area contributed by atoms with Gasteiger partial charge in [-0.1, -0.05) is 30.3 Å². The molecule has 1 aromatic carbocycles. The first-order chi connectivity index (χ1) is 9.66. The number of carbonyl (C=O) groups excluding carboxylic acids is 1. The molecule has 1 heterocycles. The lowest BCUT2D eigenvalue weighted by molar-refractivity contribution is 0.0941. The number of ketones is 1. The SMILES string of the molecule is CC(C)N1CCN(CCCC(=O)c2ccccc2)CC1. The molecule has 1 aromatic rings. The van der Waals surface area contributed by atoms with Gasteiger partial charge in [0.2, 0.25) is 0 Å². The van der Waals surface area contributed by atoms with Crippen molar-refractivity contribution in [3.8, 4) is 0 Å². The van der Waals surface area contributed by atoms with Crippen LogP contribution in [0.5, 0.6) is 0 Å². The van der Waals surface area contributed by atoms with E-state index in [4.69, 9.17) is 0 Å². The maximum Gasteiger partial charge on any atom is 0.162 e. The van der Waals surface area contributed by atoms with Gasteiger partial charge in [-0.05, 0) is 26.8 Å². The summed E-state index contributed by atoms with van der Waals surface area (Å²) in [5.74, 6) is 0.270. The smallest absolute Gasteiger partial charge is 0.162 e. The van der Waals surface area contributed by atoms with Crippen molar-refractivity contribution in [3.05, 3.63) is 35.9 Å². The highest BCUT2D eigenvalue weighted by Gasteiger charge is 2.18. The van der Waals surface area contributed by atoms with Crippen molar-refractivity contribution in [3.63, 3.8) is 0 Å². The van der Waals surface area contributed by atoms with Gasteiger partial charge in [0.15, 0.2) is 5.78 Å². The molecule has 1 fully saturated rings. The first-order valence-corrected chi connectivity index (χ1v) is 7.71. The van der Waals surface area contributed by atoms with Gasteiger partial charge in [0, 0.05) is 44.2 Å². The van der Waals surface area contributed by atoms with Gasteiger partial charge in [0.1, 0.15) is 0 Å². The minimum atomic E-state index is 0.270. The monoisotopic (exact) mass is 274 g/mol. The van der Waals surface area contributed by atoms with Crippen molar-refractivity contribution in [2.75, 3.05) is 32.7 Å². The number of hydrogen-bond donors (Lipinski definition) is 0. The van der Waals surface area contributed by atoms with Crippen LogP contribution in [0.3, 0.4) is 0 Å². The van der Waals surface area contributed by atoms with Crippen LogP contribution in [-0.4, -0.2) is 54.3 Å². The van der Waals surface area contributed by atoms with Crippen molar-refractivity contribution in [2.45, 2.75) is 32.7 Å². The number of hydrogen-bond acceptors (Lipinski definition) is 3. The lowest BCUT2D eigenvalue weighted by Gasteiger charge is -2.36. The molecule has 0 aromatic heterocycles. The Kier molecular flexibility index (Phi) is 5.74. The third-order valence-electron chi connectivity index (χ3n) is 4.11. The lowest BCUT2D eigenvalue weighted by atomic mass is 10.1. The topological polar surface area (TPSA) is 23.6 Å². The van der Waals surface area contributed by atoms with E-state index < -0.39 is 0 Å². The van der Waals surface area contributed by atoms with E-state index in [1.165, 1.54) is 0 Å². The summed E-state index contributed by atoms with van der Waals surface area (Å²) in [6.07, 6.45) is 1.63. The molecule has 0 atom stereocenters. The summed E-state index contributed by atoms with van der Waals surface area (Å²) >= 11 is 0. The fourth-order valence-corrected chi connectivity index (χ4v) is 2.73. The Bertz CT molecular complexity index is 408. The second-order valence-electron chi connectivity index (χ2n) is 5.86. The van der Waals surface area contributed by atoms with Crippen LogP contribution in [0.4, 0.5) is 0 Å². The molecule has 110 valence electrons. The number of carbonyl (C=O) groups is 1. The molecule has 0 aliphatic carbocycles. The first-order valence-electron chi connectivity index (χ1n) is 7.71. The van der Waals surface area contributed by atoms with Gasteiger partial charge in [-0.25, -0.2) is 0 Å². The van der Waals surface area contributed by atoms with Crippen molar-refractivity contribution >= 4 is 5.78 Å². The Morgan fingerprint density at radius 3 is 2.35 bits per heavy atom. The van der Waals surface area contributed by atoms with Crippen molar-refractivity contribution in [1.29, 1.82) is 0 Å². The highest BCUT2D eigenvalue weighted by atomic mass is 16.1. The van der Waals surface area contributed by atoms with Gasteiger partial charge in [-0.3, -0.25) is 9.69 Å². The van der Waals surface area contributed by atoms with Crippen LogP contribution < -0.4 is 0 Å². The number of Topliss-reactive ketones (excluding diaryl/α,β-unsaturated/α-hetero) is 1. The Labute approximate surface area is 122 Å². The van der Waals surface area contributed by atoms with Crippen LogP contribution in [0.2, 0.25) is 0 Å². The van der Waals surface area contributed by atoms with Gasteiger partial charge >= 0.3 is 0 Å². The molecule has 20 heavy (non-hydrogen) atoms. The Morgan fingerprint density at radius 1 is 1.10 bits per heavy atom. The molecule has 0 radical (unpaired) electrons. The van der Waals surface area contributed by atoms with E-state index in [2.05, 4.69) is 23.6 Å². The van der Waals surface area contributed by atoms with E-state index in [0.717, 1.165) is 44.7 Å². The molecule has 1 aliphatic rings. The fourth-order valence-electron chi connectivity index (χ4n) is 2.73. The molecular weight excluding hydrogens is 248 g/mol. The van der Waals surface area contributed by atoms with E-state index in [9.17, 15) is 4.79 Å². The number of benzene rings is 1. The Hall–Kier alpha value is -1.19. The lowest BCUT2D eigenvalue weighted by Crippen LogP contribution is -2.48. The van der Waals surface area contributed by atoms with Crippen LogP contribution in [-0.2, 0) is 0 Å². The van der Waals surface area contributed by atoms with E-state index in [1.54, 1.807) is 0 Å². The average Bonchev–Trinajstić information content (AvgIpc) is 2.48. The molecule has 2 rings (SSSR count). The molecule has 3 heteroatoms. The molecule has 0 unspecified atom stereocenters. The fraction of sp³-hybridized carbons (Fsp3) is 0.588. The van der Waals surface area contributed by atoms with Crippen molar-refractivity contribution < 1.29 is 4.79 Å². The summed E-state index contributed by atoms with van der Waals surface area (Å²) in [4.78, 5) is 17.0. The minimum Gasteiger partial charge on any atom is -0.301 e. The zero-order chi connectivity index (χ0) is 14.4. The number of rotatable bonds is 6. The minimum absolute atomic E-state index is 0.270. The summed E-state index contributed by atoms with van der Waals surface area (Å²) in [7, 11) is 0. The summed E-state index contributed by atoms with van der Waals surface area (Å²) in [5, 5.41) is 0. The summed E-state index contributed by atoms with van der Waals surface area (Å²) in [6, 6.07) is 10.3. The first kappa shape index (κ1) is 15.2. The molecule has 0 bridgehead atoms. The predicted octanol–water partition coefficient (Wildman–Crippen LogP) is 2.68.